The number of para-hydroxylation sites is 2. The second-order valence-corrected chi connectivity index (χ2v) is 19.5. The fraction of sp³-hybridized carbons (Fsp3) is 0.0222. The number of hydrogen-bond acceptors (Lipinski definition) is 8. The Morgan fingerprint density at radius 1 is 0.500 bits per heavy atom. The quantitative estimate of drug-likeness (QED) is 0.124. The van der Waals surface area contributed by atoms with E-state index in [0.29, 0.717) is 11.7 Å². The van der Waals surface area contributed by atoms with Gasteiger partial charge >= 0.3 is 0 Å². The van der Waals surface area contributed by atoms with E-state index in [2.05, 4.69) is 139 Å². The summed E-state index contributed by atoms with van der Waals surface area (Å²) in [6.07, 6.45) is 5.56. The minimum Gasteiger partial charge on any atom is -0.458 e. The van der Waals surface area contributed by atoms with E-state index in [1.54, 1.807) is 18.1 Å². The van der Waals surface area contributed by atoms with Crippen LogP contribution in [-0.4, -0.2) is 28.0 Å². The Bertz CT molecular complexity index is 2580. The third-order valence-corrected chi connectivity index (χ3v) is 18.2. The number of fused-ring (bicyclic) bond motifs is 16. The molecular formula is C45H26N4O2S2Si. The molecule has 0 bridgehead atoms. The van der Waals surface area contributed by atoms with Crippen molar-refractivity contribution in [1.82, 2.24) is 19.9 Å². The van der Waals surface area contributed by atoms with E-state index in [0.717, 1.165) is 54.1 Å². The van der Waals surface area contributed by atoms with Crippen molar-refractivity contribution in [2.24, 2.45) is 0 Å². The van der Waals surface area contributed by atoms with Gasteiger partial charge < -0.3 is 9.47 Å². The predicted molar refractivity (Wildman–Crippen MR) is 213 cm³/mol. The normalized spacial score (nSPS) is 15.5. The summed E-state index contributed by atoms with van der Waals surface area (Å²) in [5.74, 6) is 3.66. The maximum Gasteiger partial charge on any atom is 0.222 e. The Morgan fingerprint density at radius 2 is 1.09 bits per heavy atom. The standard InChI is InChI=1S/C45H26N4O2S2Si/c1-6-16-35-28(11-1)45(29-12-2-7-17-36(29)52-35)30-13-3-8-18-37(30)53-44-31(45)24-47-42(49-44)27-21-22-40-34(23-27)51-43-41(25-46-26-48-43)54(40)38-19-9-4-14-32(38)50-33-15-5-10-20-39(33)54/h1-26H. The Kier molecular flexibility index (Phi) is 6.35. The molecule has 254 valence electrons. The molecule has 0 radical (unpaired) electrons. The highest BCUT2D eigenvalue weighted by Crippen LogP contribution is 2.61. The molecule has 9 heteroatoms. The molecule has 0 amide bonds. The van der Waals surface area contributed by atoms with Crippen molar-refractivity contribution in [1.29, 1.82) is 0 Å². The lowest BCUT2D eigenvalue weighted by molar-refractivity contribution is 0.465. The molecule has 8 aromatic rings. The van der Waals surface area contributed by atoms with E-state index in [1.165, 1.54) is 31.4 Å². The first-order valence-corrected chi connectivity index (χ1v) is 21.4. The third kappa shape index (κ3) is 3.93. The van der Waals surface area contributed by atoms with Crippen LogP contribution in [0.4, 0.5) is 0 Å². The smallest absolute Gasteiger partial charge is 0.222 e. The SMILES string of the molecule is c1ccc2c(c1)Oc1ccccc1[Si]21c2ccc(-c3ncc4c(n3)Sc3ccccc3C43c4ccccc4Sc4ccccc43)cc2Oc2ncncc21. The van der Waals surface area contributed by atoms with Crippen LogP contribution in [0.25, 0.3) is 11.4 Å². The van der Waals surface area contributed by atoms with Crippen LogP contribution in [0.1, 0.15) is 22.3 Å². The fourth-order valence-electron chi connectivity index (χ4n) is 9.07. The molecule has 0 N–H and O–H groups in total. The second kappa shape index (κ2) is 11.3. The van der Waals surface area contributed by atoms with Crippen LogP contribution in [0.3, 0.4) is 0 Å². The Hall–Kier alpha value is -6.00. The zero-order valence-electron chi connectivity index (χ0n) is 28.4. The molecule has 2 aromatic heterocycles. The Morgan fingerprint density at radius 3 is 1.78 bits per heavy atom. The number of nitrogens with zero attached hydrogens (tertiary/aromatic N) is 4. The van der Waals surface area contributed by atoms with Crippen LogP contribution in [0, 0.1) is 0 Å². The molecule has 0 atom stereocenters. The van der Waals surface area contributed by atoms with Crippen molar-refractivity contribution < 1.29 is 9.47 Å². The molecule has 2 spiro atoms. The molecule has 6 aromatic carbocycles. The summed E-state index contributed by atoms with van der Waals surface area (Å²) < 4.78 is 13.2. The van der Waals surface area contributed by atoms with Gasteiger partial charge in [0.15, 0.2) is 5.82 Å². The summed E-state index contributed by atoms with van der Waals surface area (Å²) in [7, 11) is -2.96. The molecule has 6 heterocycles. The second-order valence-electron chi connectivity index (χ2n) is 13.8. The van der Waals surface area contributed by atoms with E-state index >= 15 is 0 Å². The molecule has 0 unspecified atom stereocenters. The average molecular weight is 747 g/mol. The molecule has 0 saturated carbocycles. The summed E-state index contributed by atoms with van der Waals surface area (Å²) in [6.45, 7) is 0. The van der Waals surface area contributed by atoms with Gasteiger partial charge in [-0.2, -0.15) is 0 Å². The van der Waals surface area contributed by atoms with Crippen LogP contribution >= 0.6 is 23.5 Å². The fourth-order valence-corrected chi connectivity index (χ4v) is 16.4. The molecule has 4 aliphatic rings. The first kappa shape index (κ1) is 30.5. The van der Waals surface area contributed by atoms with Crippen molar-refractivity contribution in [3.05, 3.63) is 181 Å². The zero-order chi connectivity index (χ0) is 35.4. The van der Waals surface area contributed by atoms with Gasteiger partial charge in [0.25, 0.3) is 0 Å². The number of ether oxygens (including phenoxy) is 2. The monoisotopic (exact) mass is 746 g/mol. The van der Waals surface area contributed by atoms with E-state index < -0.39 is 13.5 Å². The van der Waals surface area contributed by atoms with Gasteiger partial charge in [-0.05, 0) is 68.6 Å². The van der Waals surface area contributed by atoms with Crippen LogP contribution in [0.5, 0.6) is 23.1 Å². The highest BCUT2D eigenvalue weighted by Gasteiger charge is 2.54. The van der Waals surface area contributed by atoms with Gasteiger partial charge in [-0.25, -0.2) is 19.9 Å². The van der Waals surface area contributed by atoms with Gasteiger partial charge in [0.05, 0.1) is 5.41 Å². The van der Waals surface area contributed by atoms with Gasteiger partial charge in [-0.3, -0.25) is 0 Å². The first-order valence-electron chi connectivity index (χ1n) is 17.8. The van der Waals surface area contributed by atoms with E-state index in [4.69, 9.17) is 24.4 Å². The lowest BCUT2D eigenvalue weighted by Gasteiger charge is -2.44. The van der Waals surface area contributed by atoms with E-state index in [9.17, 15) is 0 Å². The summed E-state index contributed by atoms with van der Waals surface area (Å²) in [6, 6.07) is 49.5. The van der Waals surface area contributed by atoms with Crippen LogP contribution in [0.2, 0.25) is 0 Å². The summed E-state index contributed by atoms with van der Waals surface area (Å²) in [5.41, 5.74) is 5.19. The van der Waals surface area contributed by atoms with Crippen LogP contribution < -0.4 is 30.2 Å². The van der Waals surface area contributed by atoms with Crippen molar-refractivity contribution in [2.75, 3.05) is 0 Å². The first-order chi connectivity index (χ1) is 26.7. The molecular weight excluding hydrogens is 721 g/mol. The highest BCUT2D eigenvalue weighted by atomic mass is 32.2. The number of hydrogen-bond donors (Lipinski definition) is 0. The molecule has 54 heavy (non-hydrogen) atoms. The molecule has 6 nitrogen and oxygen atoms in total. The molecule has 0 saturated heterocycles. The average Bonchev–Trinajstić information content (AvgIpc) is 3.23. The number of aromatic nitrogens is 4. The molecule has 4 aliphatic heterocycles. The number of rotatable bonds is 1. The summed E-state index contributed by atoms with van der Waals surface area (Å²) >= 11 is 3.55. The summed E-state index contributed by atoms with van der Waals surface area (Å²) in [5, 5.41) is 5.36. The molecule has 0 fully saturated rings. The molecule has 12 rings (SSSR count). The maximum absolute atomic E-state index is 6.70. The van der Waals surface area contributed by atoms with Crippen molar-refractivity contribution >= 4 is 52.3 Å². The molecule has 0 aliphatic carbocycles. The topological polar surface area (TPSA) is 70.0 Å². The lowest BCUT2D eigenvalue weighted by atomic mass is 9.65. The Balaban J connectivity index is 1.07. The van der Waals surface area contributed by atoms with Crippen molar-refractivity contribution in [2.45, 2.75) is 25.1 Å². The van der Waals surface area contributed by atoms with Crippen molar-refractivity contribution in [3.63, 3.8) is 0 Å². The van der Waals surface area contributed by atoms with Crippen molar-refractivity contribution in [3.8, 4) is 34.5 Å². The van der Waals surface area contributed by atoms with Gasteiger partial charge in [0, 0.05) is 43.4 Å². The highest BCUT2D eigenvalue weighted by molar-refractivity contribution is 7.99. The Labute approximate surface area is 320 Å². The van der Waals surface area contributed by atoms with Crippen LogP contribution in [0.15, 0.2) is 178 Å². The summed E-state index contributed by atoms with van der Waals surface area (Å²) in [4.78, 5) is 23.5. The maximum atomic E-state index is 6.70. The van der Waals surface area contributed by atoms with Crippen LogP contribution in [-0.2, 0) is 5.41 Å². The minimum absolute atomic E-state index is 0.557. The predicted octanol–water partition coefficient (Wildman–Crippen LogP) is 7.83. The number of benzene rings is 6. The van der Waals surface area contributed by atoms with E-state index in [1.807, 2.05) is 30.1 Å². The van der Waals surface area contributed by atoms with Gasteiger partial charge in [0.1, 0.15) is 28.6 Å². The zero-order valence-corrected chi connectivity index (χ0v) is 31.1. The van der Waals surface area contributed by atoms with Gasteiger partial charge in [-0.15, -0.1) is 0 Å². The van der Waals surface area contributed by atoms with Gasteiger partial charge in [-0.1, -0.05) is 127 Å². The van der Waals surface area contributed by atoms with E-state index in [-0.39, 0.29) is 0 Å². The van der Waals surface area contributed by atoms with Gasteiger partial charge in [0.2, 0.25) is 14.0 Å². The lowest BCUT2D eigenvalue weighted by Crippen LogP contribution is -2.77. The third-order valence-electron chi connectivity index (χ3n) is 11.2. The minimum atomic E-state index is -2.96. The largest absolute Gasteiger partial charge is 0.458 e.